The van der Waals surface area contributed by atoms with Gasteiger partial charge in [0.15, 0.2) is 0 Å². The molecule has 0 aromatic heterocycles. The summed E-state index contributed by atoms with van der Waals surface area (Å²) < 4.78 is 0. The Morgan fingerprint density at radius 3 is 2.71 bits per heavy atom. The van der Waals surface area contributed by atoms with Crippen LogP contribution in [0.25, 0.3) is 0 Å². The summed E-state index contributed by atoms with van der Waals surface area (Å²) in [5.74, 6) is 0.997. The van der Waals surface area contributed by atoms with Gasteiger partial charge in [0.25, 0.3) is 0 Å². The number of hydrogen-bond donors (Lipinski definition) is 0. The molecule has 0 amide bonds. The zero-order valence-corrected chi connectivity index (χ0v) is 10.8. The van der Waals surface area contributed by atoms with Gasteiger partial charge in [-0.1, -0.05) is 19.9 Å². The minimum Gasteiger partial charge on any atom is -0.303 e. The summed E-state index contributed by atoms with van der Waals surface area (Å²) in [6, 6.07) is 0. The summed E-state index contributed by atoms with van der Waals surface area (Å²) in [4.78, 5) is 23.4. The van der Waals surface area contributed by atoms with Crippen LogP contribution >= 0.6 is 0 Å². The van der Waals surface area contributed by atoms with E-state index in [1.807, 2.05) is 6.08 Å². The number of carbonyl (C=O) groups is 2. The van der Waals surface area contributed by atoms with Crippen molar-refractivity contribution in [2.45, 2.75) is 39.5 Å². The summed E-state index contributed by atoms with van der Waals surface area (Å²) in [6.45, 7) is 8.34. The van der Waals surface area contributed by atoms with E-state index in [4.69, 9.17) is 0 Å². The molecule has 0 saturated heterocycles. The quantitative estimate of drug-likeness (QED) is 0.543. The molecular formula is C15H22O2. The van der Waals surface area contributed by atoms with Crippen molar-refractivity contribution in [3.05, 3.63) is 12.7 Å². The van der Waals surface area contributed by atoms with Gasteiger partial charge in [0.2, 0.25) is 0 Å². The Kier molecular flexibility index (Phi) is 3.24. The number of allylic oxidation sites excluding steroid dienone is 1. The van der Waals surface area contributed by atoms with Gasteiger partial charge in [-0.2, -0.15) is 0 Å². The van der Waals surface area contributed by atoms with E-state index in [1.54, 1.807) is 0 Å². The van der Waals surface area contributed by atoms with Gasteiger partial charge in [-0.05, 0) is 36.5 Å². The van der Waals surface area contributed by atoms with Crippen LogP contribution in [0.5, 0.6) is 0 Å². The van der Waals surface area contributed by atoms with E-state index in [-0.39, 0.29) is 23.2 Å². The van der Waals surface area contributed by atoms with Crippen LogP contribution in [0.15, 0.2) is 12.7 Å². The number of carbonyl (C=O) groups excluding carboxylic acids is 2. The fourth-order valence-corrected chi connectivity index (χ4v) is 3.96. The van der Waals surface area contributed by atoms with Gasteiger partial charge < -0.3 is 4.79 Å². The van der Waals surface area contributed by atoms with Crippen LogP contribution in [-0.2, 0) is 9.59 Å². The van der Waals surface area contributed by atoms with Crippen LogP contribution in [0.4, 0.5) is 0 Å². The molecule has 2 rings (SSSR count). The highest BCUT2D eigenvalue weighted by molar-refractivity contribution is 5.84. The van der Waals surface area contributed by atoms with E-state index in [2.05, 4.69) is 20.4 Å². The molecule has 0 radical (unpaired) electrons. The lowest BCUT2D eigenvalue weighted by Crippen LogP contribution is -2.51. The normalized spacial score (nSPS) is 46.1. The first-order valence-electron chi connectivity index (χ1n) is 6.65. The van der Waals surface area contributed by atoms with Crippen LogP contribution in [0.1, 0.15) is 39.5 Å². The predicted octanol–water partition coefficient (Wildman–Crippen LogP) is 3.02. The number of ketones is 1. The highest BCUT2D eigenvalue weighted by Crippen LogP contribution is 2.55. The van der Waals surface area contributed by atoms with Crippen molar-refractivity contribution in [2.75, 3.05) is 0 Å². The first kappa shape index (κ1) is 12.5. The number of Topliss-reactive ketones (excluding diaryl/α,β-unsaturated/α-hetero) is 1. The third-order valence-corrected chi connectivity index (χ3v) is 5.35. The monoisotopic (exact) mass is 234 g/mol. The van der Waals surface area contributed by atoms with Gasteiger partial charge in [-0.3, -0.25) is 4.79 Å². The second-order valence-corrected chi connectivity index (χ2v) is 6.04. The molecular weight excluding hydrogens is 212 g/mol. The summed E-state index contributed by atoms with van der Waals surface area (Å²) in [5.41, 5.74) is 0.0771. The average Bonchev–Trinajstić information content (AvgIpc) is 2.33. The molecule has 2 saturated carbocycles. The molecule has 0 spiro atoms. The van der Waals surface area contributed by atoms with Gasteiger partial charge in [-0.15, -0.1) is 6.58 Å². The van der Waals surface area contributed by atoms with Gasteiger partial charge in [0.1, 0.15) is 12.1 Å². The van der Waals surface area contributed by atoms with Crippen molar-refractivity contribution in [1.29, 1.82) is 0 Å². The third-order valence-electron chi connectivity index (χ3n) is 5.35. The summed E-state index contributed by atoms with van der Waals surface area (Å²) in [7, 11) is 0. The molecule has 0 unspecified atom stereocenters. The van der Waals surface area contributed by atoms with Gasteiger partial charge in [-0.25, -0.2) is 0 Å². The Bertz CT molecular complexity index is 347. The number of rotatable bonds is 2. The van der Waals surface area contributed by atoms with Crippen LogP contribution < -0.4 is 0 Å². The van der Waals surface area contributed by atoms with Crippen LogP contribution in [0.3, 0.4) is 0 Å². The summed E-state index contributed by atoms with van der Waals surface area (Å²) in [5, 5.41) is 0. The second-order valence-electron chi connectivity index (χ2n) is 6.04. The molecule has 94 valence electrons. The van der Waals surface area contributed by atoms with Gasteiger partial charge in [0.05, 0.1) is 0 Å². The third kappa shape index (κ3) is 1.78. The second kappa shape index (κ2) is 4.40. The Hall–Kier alpha value is -0.920. The minimum atomic E-state index is -0.000162. The van der Waals surface area contributed by atoms with Gasteiger partial charge in [0, 0.05) is 18.3 Å². The van der Waals surface area contributed by atoms with Crippen molar-refractivity contribution in [2.24, 2.45) is 29.1 Å². The first-order valence-corrected chi connectivity index (χ1v) is 6.65. The van der Waals surface area contributed by atoms with E-state index in [0.717, 1.165) is 25.5 Å². The van der Waals surface area contributed by atoms with E-state index >= 15 is 0 Å². The molecule has 0 aliphatic heterocycles. The maximum atomic E-state index is 12.2. The van der Waals surface area contributed by atoms with Crippen LogP contribution in [0, 0.1) is 29.1 Å². The maximum absolute atomic E-state index is 12.2. The molecule has 17 heavy (non-hydrogen) atoms. The highest BCUT2D eigenvalue weighted by atomic mass is 16.1. The fourth-order valence-electron chi connectivity index (χ4n) is 3.96. The molecule has 2 heteroatoms. The number of fused-ring (bicyclic) bond motifs is 1. The van der Waals surface area contributed by atoms with Crippen molar-refractivity contribution in [3.63, 3.8) is 0 Å². The van der Waals surface area contributed by atoms with E-state index in [9.17, 15) is 9.59 Å². The molecule has 2 nitrogen and oxygen atoms in total. The molecule has 0 bridgehead atoms. The molecule has 2 aliphatic rings. The van der Waals surface area contributed by atoms with Crippen molar-refractivity contribution in [1.82, 2.24) is 0 Å². The largest absolute Gasteiger partial charge is 0.303 e. The summed E-state index contributed by atoms with van der Waals surface area (Å²) >= 11 is 0. The minimum absolute atomic E-state index is 0.000162. The van der Waals surface area contributed by atoms with Crippen molar-refractivity contribution < 1.29 is 9.59 Å². The molecule has 0 aromatic rings. The predicted molar refractivity (Wildman–Crippen MR) is 67.5 cm³/mol. The highest BCUT2D eigenvalue weighted by Gasteiger charge is 2.53. The average molecular weight is 234 g/mol. The number of hydrogen-bond acceptors (Lipinski definition) is 2. The van der Waals surface area contributed by atoms with Crippen LogP contribution in [0.2, 0.25) is 0 Å². The molecule has 0 aromatic carbocycles. The van der Waals surface area contributed by atoms with Crippen molar-refractivity contribution in [3.8, 4) is 0 Å². The lowest BCUT2D eigenvalue weighted by molar-refractivity contribution is -0.142. The van der Waals surface area contributed by atoms with E-state index < -0.39 is 0 Å². The van der Waals surface area contributed by atoms with E-state index in [1.165, 1.54) is 0 Å². The molecule has 0 N–H and O–H groups in total. The molecule has 5 atom stereocenters. The topological polar surface area (TPSA) is 34.1 Å². The zero-order valence-electron chi connectivity index (χ0n) is 10.8. The smallest absolute Gasteiger partial charge is 0.137 e. The number of aldehydes is 1. The SMILES string of the molecule is C=C[C@H]1[C@H](C=O)CC[C@@]2(C)[C@H](C)CCC(=O)[C@H]12. The standard InChI is InChI=1S/C15H22O2/c1-4-12-11(9-16)7-8-15(3)10(2)5-6-13(17)14(12)15/h4,9-12,14H,1,5-8H2,2-3H3/t10-,11+,12+,14+,15+/m1/s1. The Labute approximate surface area is 103 Å². The van der Waals surface area contributed by atoms with Crippen LogP contribution in [-0.4, -0.2) is 12.1 Å². The summed E-state index contributed by atoms with van der Waals surface area (Å²) in [6.07, 6.45) is 6.46. The maximum Gasteiger partial charge on any atom is 0.137 e. The van der Waals surface area contributed by atoms with Gasteiger partial charge >= 0.3 is 0 Å². The zero-order chi connectivity index (χ0) is 12.6. The molecule has 2 aliphatic carbocycles. The Morgan fingerprint density at radius 2 is 2.12 bits per heavy atom. The Morgan fingerprint density at radius 1 is 1.41 bits per heavy atom. The lowest BCUT2D eigenvalue weighted by atomic mass is 9.50. The van der Waals surface area contributed by atoms with Crippen molar-refractivity contribution >= 4 is 12.1 Å². The molecule has 0 heterocycles. The lowest BCUT2D eigenvalue weighted by Gasteiger charge is -2.52. The van der Waals surface area contributed by atoms with E-state index in [0.29, 0.717) is 18.1 Å². The fraction of sp³-hybridized carbons (Fsp3) is 0.733. The molecule has 2 fully saturated rings. The first-order chi connectivity index (χ1) is 8.04. The Balaban J connectivity index is 2.38.